The summed E-state index contributed by atoms with van der Waals surface area (Å²) in [6.07, 6.45) is 42.8. The van der Waals surface area contributed by atoms with Crippen LogP contribution in [0.1, 0.15) is 273 Å². The third-order valence-corrected chi connectivity index (χ3v) is 16.0. The maximum absolute atomic E-state index is 13.7. The summed E-state index contributed by atoms with van der Waals surface area (Å²) < 4.78 is 40.0. The number of rotatable bonds is 52. The van der Waals surface area contributed by atoms with Crippen LogP contribution < -0.4 is 33.8 Å². The van der Waals surface area contributed by atoms with Gasteiger partial charge in [0.05, 0.1) is 62.4 Å². The molecule has 5 aromatic rings. The number of pyridine rings is 1. The lowest BCUT2D eigenvalue weighted by Crippen LogP contribution is -2.07. The average Bonchev–Trinajstić information content (AvgIpc) is 4.36. The van der Waals surface area contributed by atoms with E-state index >= 15 is 0 Å². The van der Waals surface area contributed by atoms with E-state index in [-0.39, 0.29) is 5.43 Å². The fourth-order valence-corrected chi connectivity index (χ4v) is 10.8. The smallest absolute Gasteiger partial charge is 0.203 e. The highest BCUT2D eigenvalue weighted by atomic mass is 16.5. The van der Waals surface area contributed by atoms with E-state index in [4.69, 9.17) is 28.4 Å². The van der Waals surface area contributed by atoms with E-state index < -0.39 is 0 Å². The van der Waals surface area contributed by atoms with Gasteiger partial charge in [0.15, 0.2) is 28.4 Å². The predicted octanol–water partition coefficient (Wildman–Crippen LogP) is 22.1. The highest BCUT2D eigenvalue weighted by molar-refractivity contribution is 5.74. The van der Waals surface area contributed by atoms with E-state index in [0.717, 1.165) is 134 Å². The van der Waals surface area contributed by atoms with Crippen LogP contribution in [0.3, 0.4) is 0 Å². The van der Waals surface area contributed by atoms with Crippen molar-refractivity contribution in [1.29, 1.82) is 0 Å². The average molecular weight is 1150 g/mol. The number of aromatic amines is 3. The molecule has 0 aliphatic carbocycles. The molecule has 10 nitrogen and oxygen atoms in total. The van der Waals surface area contributed by atoms with Gasteiger partial charge in [-0.2, -0.15) is 0 Å². The minimum Gasteiger partial charge on any atom is -0.490 e. The minimum atomic E-state index is -0.0914. The van der Waals surface area contributed by atoms with Crippen molar-refractivity contribution in [3.63, 3.8) is 0 Å². The van der Waals surface area contributed by atoms with E-state index in [1.807, 2.05) is 12.1 Å². The molecule has 3 aromatic heterocycles. The number of benzene rings is 2. The Balaban J connectivity index is 1.44. The lowest BCUT2D eigenvalue weighted by atomic mass is 10.1. The summed E-state index contributed by atoms with van der Waals surface area (Å²) in [4.78, 5) is 24.6. The van der Waals surface area contributed by atoms with Crippen LogP contribution in [0.4, 0.5) is 0 Å². The van der Waals surface area contributed by atoms with Crippen LogP contribution in [0.5, 0.6) is 34.5 Å². The molecule has 0 aliphatic rings. The maximum Gasteiger partial charge on any atom is 0.203 e. The zero-order valence-corrected chi connectivity index (χ0v) is 53.3. The number of hydrogen-bond donors (Lipinski definition) is 3. The molecule has 83 heavy (non-hydrogen) atoms. The van der Waals surface area contributed by atoms with Gasteiger partial charge in [0.25, 0.3) is 0 Å². The van der Waals surface area contributed by atoms with Crippen LogP contribution in [-0.4, -0.2) is 54.6 Å². The molecule has 2 aromatic carbocycles. The third-order valence-electron chi connectivity index (χ3n) is 16.0. The molecule has 0 atom stereocenters. The number of ether oxygens (including phenoxy) is 6. The van der Waals surface area contributed by atoms with Crippen molar-refractivity contribution in [3.05, 3.63) is 70.9 Å². The van der Waals surface area contributed by atoms with Crippen molar-refractivity contribution < 1.29 is 28.4 Å². The molecule has 5 rings (SSSR count). The van der Waals surface area contributed by atoms with Crippen LogP contribution in [-0.2, 0) is 0 Å². The van der Waals surface area contributed by atoms with Crippen LogP contribution in [0.15, 0.2) is 65.5 Å². The lowest BCUT2D eigenvalue weighted by molar-refractivity contribution is 0.234. The number of aromatic nitrogens is 3. The van der Waals surface area contributed by atoms with Gasteiger partial charge in [-0.3, -0.25) is 4.79 Å². The Morgan fingerprint density at radius 2 is 0.470 bits per heavy atom. The summed E-state index contributed by atoms with van der Waals surface area (Å²) in [5.74, 6) is 4.29. The number of H-pyrrole nitrogens is 3. The van der Waals surface area contributed by atoms with Crippen molar-refractivity contribution in [3.8, 4) is 79.8 Å². The molecule has 0 fully saturated rings. The molecular formula is C73H115N3O7. The molecule has 0 saturated carbocycles. The second-order valence-electron chi connectivity index (χ2n) is 23.5. The molecule has 0 aliphatic heterocycles. The van der Waals surface area contributed by atoms with Crippen molar-refractivity contribution in [2.45, 2.75) is 273 Å². The van der Waals surface area contributed by atoms with E-state index in [0.29, 0.717) is 62.5 Å². The zero-order valence-electron chi connectivity index (χ0n) is 53.3. The first-order valence-electron chi connectivity index (χ1n) is 34.2. The molecule has 10 heteroatoms. The first kappa shape index (κ1) is 68.5. The van der Waals surface area contributed by atoms with Gasteiger partial charge >= 0.3 is 0 Å². The summed E-state index contributed by atoms with van der Waals surface area (Å²) in [5.41, 5.74) is 6.56. The molecule has 0 saturated heterocycles. The van der Waals surface area contributed by atoms with Crippen molar-refractivity contribution >= 4 is 0 Å². The van der Waals surface area contributed by atoms with Gasteiger partial charge in [-0.1, -0.05) is 234 Å². The van der Waals surface area contributed by atoms with Gasteiger partial charge < -0.3 is 43.4 Å². The molecular weight excluding hydrogens is 1030 g/mol. The summed E-state index contributed by atoms with van der Waals surface area (Å²) >= 11 is 0. The molecule has 0 bridgehead atoms. The first-order valence-corrected chi connectivity index (χ1v) is 34.2. The van der Waals surface area contributed by atoms with Crippen LogP contribution in [0.2, 0.25) is 0 Å². The van der Waals surface area contributed by atoms with Gasteiger partial charge in [0, 0.05) is 34.6 Å². The molecule has 3 N–H and O–H groups in total. The quantitative estimate of drug-likeness (QED) is 0.0332. The summed E-state index contributed by atoms with van der Waals surface area (Å²) in [5, 5.41) is 0. The number of hydrogen-bond acceptors (Lipinski definition) is 7. The van der Waals surface area contributed by atoms with Gasteiger partial charge in [-0.05, 0) is 87.1 Å². The molecule has 464 valence electrons. The zero-order chi connectivity index (χ0) is 58.8. The Kier molecular flexibility index (Phi) is 35.8. The topological polar surface area (TPSA) is 120 Å². The Morgan fingerprint density at radius 3 is 0.735 bits per heavy atom. The van der Waals surface area contributed by atoms with Gasteiger partial charge in [0.1, 0.15) is 0 Å². The van der Waals surface area contributed by atoms with E-state index in [1.165, 1.54) is 154 Å². The van der Waals surface area contributed by atoms with Crippen LogP contribution in [0.25, 0.3) is 45.3 Å². The Hall–Kier alpha value is -5.25. The van der Waals surface area contributed by atoms with E-state index in [1.54, 1.807) is 12.1 Å². The van der Waals surface area contributed by atoms with Crippen molar-refractivity contribution in [1.82, 2.24) is 15.0 Å². The maximum atomic E-state index is 13.7. The largest absolute Gasteiger partial charge is 0.490 e. The van der Waals surface area contributed by atoms with Crippen LogP contribution >= 0.6 is 0 Å². The summed E-state index contributed by atoms with van der Waals surface area (Å²) in [6, 6.07) is 20.0. The first-order chi connectivity index (χ1) is 40.9. The van der Waals surface area contributed by atoms with Gasteiger partial charge in [-0.25, -0.2) is 0 Å². The highest BCUT2D eigenvalue weighted by Crippen LogP contribution is 2.44. The fraction of sp³-hybridized carbons (Fsp3) is 0.658. The minimum absolute atomic E-state index is 0.0914. The van der Waals surface area contributed by atoms with Crippen LogP contribution in [0, 0.1) is 0 Å². The molecule has 0 spiro atoms. The normalized spacial score (nSPS) is 11.4. The van der Waals surface area contributed by atoms with Crippen molar-refractivity contribution in [2.75, 3.05) is 39.6 Å². The highest BCUT2D eigenvalue weighted by Gasteiger charge is 2.21. The van der Waals surface area contributed by atoms with Gasteiger partial charge in [-0.15, -0.1) is 0 Å². The second kappa shape index (κ2) is 43.4. The van der Waals surface area contributed by atoms with E-state index in [2.05, 4.69) is 92.9 Å². The molecule has 0 radical (unpaired) electrons. The van der Waals surface area contributed by atoms with Crippen molar-refractivity contribution in [2.24, 2.45) is 0 Å². The Bertz CT molecular complexity index is 2240. The van der Waals surface area contributed by atoms with E-state index in [9.17, 15) is 4.79 Å². The summed E-state index contributed by atoms with van der Waals surface area (Å²) in [7, 11) is 0. The second-order valence-corrected chi connectivity index (χ2v) is 23.5. The fourth-order valence-electron chi connectivity index (χ4n) is 10.8. The molecule has 0 amide bonds. The Morgan fingerprint density at radius 1 is 0.253 bits per heavy atom. The molecule has 3 heterocycles. The van der Waals surface area contributed by atoms with Gasteiger partial charge in [0.2, 0.25) is 11.5 Å². The summed E-state index contributed by atoms with van der Waals surface area (Å²) in [6.45, 7) is 17.3. The third kappa shape index (κ3) is 26.7. The monoisotopic (exact) mass is 1150 g/mol. The lowest BCUT2D eigenvalue weighted by Gasteiger charge is -2.19. The Labute approximate surface area is 504 Å². The standard InChI is InChI=1S/C73H115N3O7/c1-7-13-19-25-31-37-47-78-68-53-59(54-69(79-48-38-32-26-20-14-8-2)72(68)82-51-41-35-29-23-17-11-5)62-43-45-64(74-62)66-57-61(77)58-67(76-66)65-46-44-63(75-65)60-55-70(80-49-39-33-27-21-15-9-3)73(83-52-42-36-30-24-18-12-6)71(56-60)81-50-40-34-28-22-16-10-4/h43-46,53-58,74-75H,7-42,47-52H2,1-6H3,(H,76,77). The predicted molar refractivity (Wildman–Crippen MR) is 351 cm³/mol. The number of unbranched alkanes of at least 4 members (excludes halogenated alkanes) is 30. The number of nitrogens with one attached hydrogen (secondary N) is 3. The molecule has 0 unspecified atom stereocenters. The SMILES string of the molecule is CCCCCCCCOc1cc(-c2ccc(-c3cc(=O)cc(-c4ccc(-c5cc(OCCCCCCCC)c(OCCCCCCCC)c(OCCCCCCCC)c5)[nH]4)[nH]3)[nH]2)cc(OCCCCCCCC)c1OCCCCCCCC.